The average molecular weight is 281 g/mol. The summed E-state index contributed by atoms with van der Waals surface area (Å²) >= 11 is 3.39. The molecule has 1 aromatic rings. The molecule has 0 aromatic heterocycles. The van der Waals surface area contributed by atoms with Crippen LogP contribution in [-0.4, -0.2) is 24.3 Å². The van der Waals surface area contributed by atoms with E-state index < -0.39 is 0 Å². The second-order valence-corrected chi connectivity index (χ2v) is 4.82. The number of nitriles is 1. The summed E-state index contributed by atoms with van der Waals surface area (Å²) < 4.78 is 0.832. The van der Waals surface area contributed by atoms with Gasteiger partial charge < -0.3 is 10.0 Å². The molecule has 0 saturated carbocycles. The van der Waals surface area contributed by atoms with Crippen LogP contribution in [0.1, 0.15) is 18.4 Å². The van der Waals surface area contributed by atoms with Crippen molar-refractivity contribution in [3.8, 4) is 6.07 Å². The summed E-state index contributed by atoms with van der Waals surface area (Å²) in [6.45, 7) is 1.62. The predicted molar refractivity (Wildman–Crippen MR) is 66.3 cm³/mol. The fourth-order valence-electron chi connectivity index (χ4n) is 1.99. The summed E-state index contributed by atoms with van der Waals surface area (Å²) in [5.41, 5.74) is 1.64. The molecule has 2 rings (SSSR count). The highest BCUT2D eigenvalue weighted by Gasteiger charge is 2.20. The first-order valence-corrected chi connectivity index (χ1v) is 6.13. The third-order valence-electron chi connectivity index (χ3n) is 2.91. The molecule has 0 atom stereocenters. The second-order valence-electron chi connectivity index (χ2n) is 3.96. The topological polar surface area (TPSA) is 47.3 Å². The van der Waals surface area contributed by atoms with E-state index >= 15 is 0 Å². The third kappa shape index (κ3) is 2.21. The van der Waals surface area contributed by atoms with Gasteiger partial charge in [-0.25, -0.2) is 0 Å². The van der Waals surface area contributed by atoms with Crippen molar-refractivity contribution in [3.05, 3.63) is 28.2 Å². The lowest BCUT2D eigenvalue weighted by Gasteiger charge is -2.32. The van der Waals surface area contributed by atoms with Crippen molar-refractivity contribution < 1.29 is 5.11 Å². The summed E-state index contributed by atoms with van der Waals surface area (Å²) in [6, 6.07) is 7.99. The van der Waals surface area contributed by atoms with E-state index in [0.29, 0.717) is 5.56 Å². The number of nitrogens with zero attached hydrogens (tertiary/aromatic N) is 2. The van der Waals surface area contributed by atoms with Crippen LogP contribution in [-0.2, 0) is 0 Å². The lowest BCUT2D eigenvalue weighted by atomic mass is 10.1. The smallest absolute Gasteiger partial charge is 0.103 e. The monoisotopic (exact) mass is 280 g/mol. The van der Waals surface area contributed by atoms with Gasteiger partial charge in [-0.2, -0.15) is 5.26 Å². The van der Waals surface area contributed by atoms with Gasteiger partial charge in [-0.15, -0.1) is 0 Å². The Hall–Kier alpha value is -1.05. The van der Waals surface area contributed by atoms with Crippen LogP contribution in [0.25, 0.3) is 0 Å². The molecule has 1 fully saturated rings. The Balaban J connectivity index is 2.27. The lowest BCUT2D eigenvalue weighted by Crippen LogP contribution is -2.36. The zero-order chi connectivity index (χ0) is 11.5. The van der Waals surface area contributed by atoms with Gasteiger partial charge in [-0.05, 0) is 40.9 Å². The van der Waals surface area contributed by atoms with Crippen molar-refractivity contribution in [2.24, 2.45) is 0 Å². The number of halogens is 1. The molecule has 1 aliphatic rings. The van der Waals surface area contributed by atoms with E-state index in [1.54, 1.807) is 0 Å². The van der Waals surface area contributed by atoms with Gasteiger partial charge in [0, 0.05) is 17.6 Å². The van der Waals surface area contributed by atoms with Gasteiger partial charge in [0.1, 0.15) is 6.07 Å². The largest absolute Gasteiger partial charge is 0.393 e. The van der Waals surface area contributed by atoms with Crippen LogP contribution in [0.4, 0.5) is 5.69 Å². The van der Waals surface area contributed by atoms with Crippen LogP contribution >= 0.6 is 15.9 Å². The Morgan fingerprint density at radius 1 is 1.38 bits per heavy atom. The highest BCUT2D eigenvalue weighted by atomic mass is 79.9. The van der Waals surface area contributed by atoms with Crippen LogP contribution in [0, 0.1) is 11.3 Å². The third-order valence-corrected chi connectivity index (χ3v) is 3.57. The number of anilines is 1. The number of piperidine rings is 1. The number of rotatable bonds is 1. The SMILES string of the molecule is N#Cc1c(Br)cccc1N1CCC(O)CC1. The van der Waals surface area contributed by atoms with E-state index in [9.17, 15) is 5.11 Å². The van der Waals surface area contributed by atoms with Gasteiger partial charge in [0.05, 0.1) is 17.4 Å². The van der Waals surface area contributed by atoms with E-state index in [-0.39, 0.29) is 6.10 Å². The van der Waals surface area contributed by atoms with Crippen molar-refractivity contribution in [1.29, 1.82) is 5.26 Å². The number of aliphatic hydroxyl groups is 1. The van der Waals surface area contributed by atoms with Gasteiger partial charge in [-0.1, -0.05) is 6.07 Å². The van der Waals surface area contributed by atoms with Crippen LogP contribution in [0.3, 0.4) is 0 Å². The van der Waals surface area contributed by atoms with E-state index in [0.717, 1.165) is 36.1 Å². The first-order valence-electron chi connectivity index (χ1n) is 5.34. The summed E-state index contributed by atoms with van der Waals surface area (Å²) in [5, 5.41) is 18.6. The summed E-state index contributed by atoms with van der Waals surface area (Å²) in [7, 11) is 0. The first kappa shape index (κ1) is 11.4. The van der Waals surface area contributed by atoms with Crippen molar-refractivity contribution in [2.75, 3.05) is 18.0 Å². The minimum absolute atomic E-state index is 0.186. The summed E-state index contributed by atoms with van der Waals surface area (Å²) in [6.07, 6.45) is 1.36. The van der Waals surface area contributed by atoms with Gasteiger partial charge in [0.2, 0.25) is 0 Å². The van der Waals surface area contributed by atoms with E-state index in [2.05, 4.69) is 26.9 Å². The van der Waals surface area contributed by atoms with Crippen molar-refractivity contribution in [2.45, 2.75) is 18.9 Å². The van der Waals surface area contributed by atoms with Crippen molar-refractivity contribution in [3.63, 3.8) is 0 Å². The number of benzene rings is 1. The summed E-state index contributed by atoms with van der Waals surface area (Å²) in [4.78, 5) is 2.16. The molecule has 4 heteroatoms. The molecule has 0 aliphatic carbocycles. The fourth-order valence-corrected chi connectivity index (χ4v) is 2.44. The standard InChI is InChI=1S/C12H13BrN2O/c13-11-2-1-3-12(10(11)8-14)15-6-4-9(16)5-7-15/h1-3,9,16H,4-7H2. The minimum atomic E-state index is -0.186. The predicted octanol–water partition coefficient (Wildman–Crippen LogP) is 2.28. The van der Waals surface area contributed by atoms with E-state index in [1.807, 2.05) is 18.2 Å². The minimum Gasteiger partial charge on any atom is -0.393 e. The Labute approximate surface area is 103 Å². The Morgan fingerprint density at radius 2 is 2.06 bits per heavy atom. The molecule has 16 heavy (non-hydrogen) atoms. The molecule has 1 saturated heterocycles. The zero-order valence-corrected chi connectivity index (χ0v) is 10.4. The summed E-state index contributed by atoms with van der Waals surface area (Å²) in [5.74, 6) is 0. The molecule has 0 radical (unpaired) electrons. The maximum atomic E-state index is 9.45. The van der Waals surface area contributed by atoms with Crippen LogP contribution in [0.2, 0.25) is 0 Å². The molecular formula is C12H13BrN2O. The molecule has 0 bridgehead atoms. The van der Waals surface area contributed by atoms with Gasteiger partial charge >= 0.3 is 0 Å². The maximum absolute atomic E-state index is 9.45. The molecule has 1 aliphatic heterocycles. The highest BCUT2D eigenvalue weighted by Crippen LogP contribution is 2.29. The van der Waals surface area contributed by atoms with Gasteiger partial charge in [0.15, 0.2) is 0 Å². The Kier molecular flexibility index (Phi) is 3.47. The van der Waals surface area contributed by atoms with Crippen LogP contribution in [0.5, 0.6) is 0 Å². The van der Waals surface area contributed by atoms with Crippen molar-refractivity contribution >= 4 is 21.6 Å². The second kappa shape index (κ2) is 4.86. The molecule has 84 valence electrons. The Morgan fingerprint density at radius 3 is 2.69 bits per heavy atom. The molecule has 1 N–H and O–H groups in total. The van der Waals surface area contributed by atoms with Gasteiger partial charge in [-0.3, -0.25) is 0 Å². The molecule has 0 spiro atoms. The van der Waals surface area contributed by atoms with Crippen LogP contribution < -0.4 is 4.90 Å². The first-order chi connectivity index (χ1) is 7.72. The molecule has 1 aromatic carbocycles. The number of aliphatic hydroxyl groups excluding tert-OH is 1. The van der Waals surface area contributed by atoms with Crippen molar-refractivity contribution in [1.82, 2.24) is 0 Å². The van der Waals surface area contributed by atoms with Gasteiger partial charge in [0.25, 0.3) is 0 Å². The molecular weight excluding hydrogens is 268 g/mol. The normalized spacial score (nSPS) is 17.2. The number of hydrogen-bond acceptors (Lipinski definition) is 3. The molecule has 0 unspecified atom stereocenters. The van der Waals surface area contributed by atoms with E-state index in [1.165, 1.54) is 0 Å². The lowest BCUT2D eigenvalue weighted by molar-refractivity contribution is 0.145. The fraction of sp³-hybridized carbons (Fsp3) is 0.417. The maximum Gasteiger partial charge on any atom is 0.103 e. The molecule has 3 nitrogen and oxygen atoms in total. The number of hydrogen-bond donors (Lipinski definition) is 1. The zero-order valence-electron chi connectivity index (χ0n) is 8.86. The molecule has 1 heterocycles. The van der Waals surface area contributed by atoms with E-state index in [4.69, 9.17) is 5.26 Å². The van der Waals surface area contributed by atoms with Crippen LogP contribution in [0.15, 0.2) is 22.7 Å². The quantitative estimate of drug-likeness (QED) is 0.859. The Bertz CT molecular complexity index is 420. The highest BCUT2D eigenvalue weighted by molar-refractivity contribution is 9.10. The average Bonchev–Trinajstić information content (AvgIpc) is 2.30. The molecule has 0 amide bonds.